The Hall–Kier alpha value is -1.29. The van der Waals surface area contributed by atoms with Gasteiger partial charge in [-0.1, -0.05) is 34.6 Å². The quantitative estimate of drug-likeness (QED) is 0.834. The number of hydrogen-bond acceptors (Lipinski definition) is 2. The van der Waals surface area contributed by atoms with Gasteiger partial charge in [-0.05, 0) is 24.6 Å². The fraction of sp³-hybridized carbons (Fsp3) is 0.250. The summed E-state index contributed by atoms with van der Waals surface area (Å²) in [7, 11) is 0. The molecule has 0 aromatic heterocycles. The van der Waals surface area contributed by atoms with Crippen LogP contribution in [0.3, 0.4) is 0 Å². The minimum atomic E-state index is -0.213. The molecule has 16 heavy (non-hydrogen) atoms. The number of carbonyl (C=O) groups excluding carboxylic acids is 1. The molecule has 86 valence electrons. The van der Waals surface area contributed by atoms with Gasteiger partial charge in [-0.15, -0.1) is 0 Å². The van der Waals surface area contributed by atoms with E-state index in [0.717, 1.165) is 10.0 Å². The number of rotatable bonds is 4. The van der Waals surface area contributed by atoms with Gasteiger partial charge in [-0.25, -0.2) is 0 Å². The maximum atomic E-state index is 11.7. The van der Waals surface area contributed by atoms with E-state index in [1.807, 2.05) is 25.1 Å². The summed E-state index contributed by atoms with van der Waals surface area (Å²) >= 11 is 3.19. The molecule has 0 saturated heterocycles. The zero-order valence-corrected chi connectivity index (χ0v) is 10.8. The van der Waals surface area contributed by atoms with Crippen molar-refractivity contribution in [3.63, 3.8) is 0 Å². The predicted octanol–water partition coefficient (Wildman–Crippen LogP) is 2.40. The number of halogens is 1. The number of amides is 1. The molecule has 1 unspecified atom stereocenters. The Labute approximate surface area is 104 Å². The molecule has 1 atom stereocenters. The third-order valence-corrected chi connectivity index (χ3v) is 2.54. The van der Waals surface area contributed by atoms with Gasteiger partial charge in [0, 0.05) is 16.7 Å². The summed E-state index contributed by atoms with van der Waals surface area (Å²) in [6, 6.07) is 7.35. The second-order valence-corrected chi connectivity index (χ2v) is 4.75. The van der Waals surface area contributed by atoms with Crippen molar-refractivity contribution in [2.75, 3.05) is 12.3 Å². The molecule has 1 amide bonds. The van der Waals surface area contributed by atoms with Gasteiger partial charge in [-0.2, -0.15) is 0 Å². The Morgan fingerprint density at radius 1 is 1.62 bits per heavy atom. The van der Waals surface area contributed by atoms with Gasteiger partial charge in [0.05, 0.1) is 5.92 Å². The number of nitrogens with two attached hydrogens (primary N) is 1. The molecule has 1 aromatic carbocycles. The van der Waals surface area contributed by atoms with Gasteiger partial charge in [-0.3, -0.25) is 4.79 Å². The Balaban J connectivity index is 2.66. The van der Waals surface area contributed by atoms with Crippen molar-refractivity contribution >= 4 is 27.5 Å². The number of benzene rings is 1. The third kappa shape index (κ3) is 3.70. The van der Waals surface area contributed by atoms with Gasteiger partial charge in [0.2, 0.25) is 5.91 Å². The summed E-state index contributed by atoms with van der Waals surface area (Å²) in [5.41, 5.74) is 7.25. The van der Waals surface area contributed by atoms with E-state index < -0.39 is 0 Å². The summed E-state index contributed by atoms with van der Waals surface area (Å²) in [5, 5.41) is 2.77. The Bertz CT molecular complexity index is 404. The topological polar surface area (TPSA) is 55.1 Å². The predicted molar refractivity (Wildman–Crippen MR) is 70.3 cm³/mol. The van der Waals surface area contributed by atoms with Crippen LogP contribution in [0.25, 0.3) is 0 Å². The van der Waals surface area contributed by atoms with Crippen LogP contribution in [0.2, 0.25) is 0 Å². The van der Waals surface area contributed by atoms with Crippen molar-refractivity contribution in [2.24, 2.45) is 0 Å². The molecular weight excluding hydrogens is 268 g/mol. The molecule has 3 N–H and O–H groups in total. The summed E-state index contributed by atoms with van der Waals surface area (Å²) < 4.78 is 0.751. The molecule has 0 saturated carbocycles. The number of nitrogens with one attached hydrogen (secondary N) is 1. The first-order chi connectivity index (χ1) is 7.50. The standard InChI is InChI=1S/C12H15BrN2O/c1-8(13)7-15-12(16)9(2)10-4-3-5-11(14)6-10/h3-6,9H,1,7,14H2,2H3,(H,15,16). The molecule has 0 spiro atoms. The number of anilines is 1. The fourth-order valence-corrected chi connectivity index (χ4v) is 1.46. The maximum Gasteiger partial charge on any atom is 0.227 e. The highest BCUT2D eigenvalue weighted by Gasteiger charge is 2.14. The molecule has 0 radical (unpaired) electrons. The molecule has 0 aliphatic heterocycles. The van der Waals surface area contributed by atoms with Crippen molar-refractivity contribution < 1.29 is 4.79 Å². The lowest BCUT2D eigenvalue weighted by Crippen LogP contribution is -2.28. The molecule has 0 fully saturated rings. The van der Waals surface area contributed by atoms with Gasteiger partial charge >= 0.3 is 0 Å². The number of carbonyl (C=O) groups is 1. The fourth-order valence-electron chi connectivity index (χ4n) is 1.32. The lowest BCUT2D eigenvalue weighted by Gasteiger charge is -2.12. The van der Waals surface area contributed by atoms with Crippen LogP contribution in [0, 0.1) is 0 Å². The summed E-state index contributed by atoms with van der Waals surface area (Å²) in [4.78, 5) is 11.7. The molecule has 0 heterocycles. The van der Waals surface area contributed by atoms with Crippen molar-refractivity contribution in [1.82, 2.24) is 5.32 Å². The van der Waals surface area contributed by atoms with E-state index in [1.165, 1.54) is 0 Å². The Kier molecular flexibility index (Phi) is 4.55. The van der Waals surface area contributed by atoms with Gasteiger partial charge in [0.1, 0.15) is 0 Å². The van der Waals surface area contributed by atoms with E-state index in [0.29, 0.717) is 12.2 Å². The van der Waals surface area contributed by atoms with Crippen molar-refractivity contribution in [2.45, 2.75) is 12.8 Å². The molecule has 0 aliphatic carbocycles. The van der Waals surface area contributed by atoms with Crippen LogP contribution in [0.15, 0.2) is 35.3 Å². The Morgan fingerprint density at radius 3 is 2.88 bits per heavy atom. The van der Waals surface area contributed by atoms with Crippen molar-refractivity contribution in [3.8, 4) is 0 Å². The van der Waals surface area contributed by atoms with E-state index in [2.05, 4.69) is 27.8 Å². The smallest absolute Gasteiger partial charge is 0.227 e. The van der Waals surface area contributed by atoms with Crippen LogP contribution in [0.4, 0.5) is 5.69 Å². The monoisotopic (exact) mass is 282 g/mol. The molecule has 0 aliphatic rings. The van der Waals surface area contributed by atoms with Crippen molar-refractivity contribution in [3.05, 3.63) is 40.9 Å². The largest absolute Gasteiger partial charge is 0.399 e. The zero-order chi connectivity index (χ0) is 12.1. The zero-order valence-electron chi connectivity index (χ0n) is 9.16. The van der Waals surface area contributed by atoms with Crippen molar-refractivity contribution in [1.29, 1.82) is 0 Å². The normalized spacial score (nSPS) is 11.9. The van der Waals surface area contributed by atoms with E-state index in [-0.39, 0.29) is 11.8 Å². The lowest BCUT2D eigenvalue weighted by atomic mass is 10.00. The lowest BCUT2D eigenvalue weighted by molar-refractivity contribution is -0.122. The van der Waals surface area contributed by atoms with Gasteiger partial charge in [0.25, 0.3) is 0 Å². The van der Waals surface area contributed by atoms with Crippen LogP contribution >= 0.6 is 15.9 Å². The average molecular weight is 283 g/mol. The first kappa shape index (κ1) is 12.8. The molecule has 0 bridgehead atoms. The highest BCUT2D eigenvalue weighted by Crippen LogP contribution is 2.17. The number of hydrogen-bond donors (Lipinski definition) is 2. The third-order valence-electron chi connectivity index (χ3n) is 2.26. The van der Waals surface area contributed by atoms with Crippen LogP contribution in [-0.4, -0.2) is 12.5 Å². The summed E-state index contributed by atoms with van der Waals surface area (Å²) in [5.74, 6) is -0.249. The second kappa shape index (κ2) is 5.70. The maximum absolute atomic E-state index is 11.7. The Morgan fingerprint density at radius 2 is 2.31 bits per heavy atom. The molecule has 1 aromatic rings. The number of nitrogen functional groups attached to an aromatic ring is 1. The van der Waals surface area contributed by atoms with Crippen LogP contribution in [0.1, 0.15) is 18.4 Å². The first-order valence-electron chi connectivity index (χ1n) is 4.97. The van der Waals surface area contributed by atoms with E-state index in [1.54, 1.807) is 6.07 Å². The molecule has 3 nitrogen and oxygen atoms in total. The minimum absolute atomic E-state index is 0.0359. The van der Waals surface area contributed by atoms with E-state index >= 15 is 0 Å². The van der Waals surface area contributed by atoms with Crippen LogP contribution in [-0.2, 0) is 4.79 Å². The van der Waals surface area contributed by atoms with Gasteiger partial charge < -0.3 is 11.1 Å². The molecule has 1 rings (SSSR count). The minimum Gasteiger partial charge on any atom is -0.399 e. The molecule has 4 heteroatoms. The summed E-state index contributed by atoms with van der Waals surface area (Å²) in [6.45, 7) is 5.94. The SMILES string of the molecule is C=C(Br)CNC(=O)C(C)c1cccc(N)c1. The highest BCUT2D eigenvalue weighted by molar-refractivity contribution is 9.11. The summed E-state index contributed by atoms with van der Waals surface area (Å²) in [6.07, 6.45) is 0. The second-order valence-electron chi connectivity index (χ2n) is 3.63. The van der Waals surface area contributed by atoms with Crippen LogP contribution < -0.4 is 11.1 Å². The highest BCUT2D eigenvalue weighted by atomic mass is 79.9. The average Bonchev–Trinajstić information content (AvgIpc) is 2.24. The van der Waals surface area contributed by atoms with E-state index in [9.17, 15) is 4.79 Å². The van der Waals surface area contributed by atoms with Crippen LogP contribution in [0.5, 0.6) is 0 Å². The van der Waals surface area contributed by atoms with Gasteiger partial charge in [0.15, 0.2) is 0 Å². The van der Waals surface area contributed by atoms with E-state index in [4.69, 9.17) is 5.73 Å². The first-order valence-corrected chi connectivity index (χ1v) is 5.76. The molecular formula is C12H15BrN2O.